The molecule has 1 amide bonds. The van der Waals surface area contributed by atoms with Crippen LogP contribution >= 0.6 is 0 Å². The number of nitrogens with zero attached hydrogens (tertiary/aromatic N) is 1. The maximum Gasteiger partial charge on any atom is 0.279 e. The molecule has 1 saturated carbocycles. The Morgan fingerprint density at radius 3 is 2.58 bits per heavy atom. The van der Waals surface area contributed by atoms with E-state index in [-0.39, 0.29) is 24.5 Å². The van der Waals surface area contributed by atoms with Crippen molar-refractivity contribution in [2.75, 3.05) is 0 Å². The topological polar surface area (TPSA) is 104 Å². The van der Waals surface area contributed by atoms with Crippen molar-refractivity contribution in [2.45, 2.75) is 63.3 Å². The molecule has 0 radical (unpaired) electrons. The first-order valence-electron chi connectivity index (χ1n) is 11.9. The van der Waals surface area contributed by atoms with Crippen LogP contribution in [-0.4, -0.2) is 24.0 Å². The molecule has 6 heteroatoms. The molecular formula is C27H32N4O2. The zero-order valence-corrected chi connectivity index (χ0v) is 18.9. The number of nitrogens with two attached hydrogens (primary N) is 2. The highest BCUT2D eigenvalue weighted by Gasteiger charge is 2.45. The molecule has 1 aliphatic carbocycles. The molecular weight excluding hydrogens is 412 g/mol. The van der Waals surface area contributed by atoms with Crippen LogP contribution in [0.15, 0.2) is 60.7 Å². The van der Waals surface area contributed by atoms with E-state index >= 15 is 0 Å². The van der Waals surface area contributed by atoms with Crippen molar-refractivity contribution in [3.05, 3.63) is 82.6 Å². The Balaban J connectivity index is 1.51. The summed E-state index contributed by atoms with van der Waals surface area (Å²) in [5.41, 5.74) is 15.4. The SMILES string of the molecule is NCc1ccc2c(c1)[N+]([O-])(Cc1cccc3ccccc13)C(C(=O)NC1CCC(N)CC1)C2. The maximum atomic E-state index is 14.7. The van der Waals surface area contributed by atoms with Crippen molar-refractivity contribution in [3.63, 3.8) is 0 Å². The van der Waals surface area contributed by atoms with Crippen LogP contribution in [0.1, 0.15) is 42.4 Å². The predicted molar refractivity (Wildman–Crippen MR) is 133 cm³/mol. The summed E-state index contributed by atoms with van der Waals surface area (Å²) in [6.07, 6.45) is 3.98. The van der Waals surface area contributed by atoms with Crippen LogP contribution in [0, 0.1) is 5.21 Å². The Morgan fingerprint density at radius 1 is 1.03 bits per heavy atom. The highest BCUT2D eigenvalue weighted by molar-refractivity contribution is 5.89. The molecule has 172 valence electrons. The van der Waals surface area contributed by atoms with Crippen molar-refractivity contribution >= 4 is 22.4 Å². The summed E-state index contributed by atoms with van der Waals surface area (Å²) >= 11 is 0. The third-order valence-corrected chi connectivity index (χ3v) is 7.42. The van der Waals surface area contributed by atoms with Gasteiger partial charge in [0.05, 0.1) is 0 Å². The third-order valence-electron chi connectivity index (χ3n) is 7.42. The van der Waals surface area contributed by atoms with Crippen LogP contribution in [0.4, 0.5) is 5.69 Å². The van der Waals surface area contributed by atoms with Crippen molar-refractivity contribution in [2.24, 2.45) is 11.5 Å². The number of carbonyl (C=O) groups is 1. The fourth-order valence-corrected chi connectivity index (χ4v) is 5.51. The summed E-state index contributed by atoms with van der Waals surface area (Å²) in [6, 6.07) is 19.5. The van der Waals surface area contributed by atoms with E-state index in [0.29, 0.717) is 18.7 Å². The number of fused-ring (bicyclic) bond motifs is 2. The number of quaternary nitrogens is 1. The van der Waals surface area contributed by atoms with Gasteiger partial charge in [0.15, 0.2) is 6.04 Å². The van der Waals surface area contributed by atoms with E-state index in [1.54, 1.807) is 0 Å². The second-order valence-electron chi connectivity index (χ2n) is 9.60. The third kappa shape index (κ3) is 4.15. The average Bonchev–Trinajstić information content (AvgIpc) is 3.12. The summed E-state index contributed by atoms with van der Waals surface area (Å²) < 4.78 is -0.685. The van der Waals surface area contributed by atoms with Crippen LogP contribution in [0.5, 0.6) is 0 Å². The van der Waals surface area contributed by atoms with E-state index < -0.39 is 10.7 Å². The van der Waals surface area contributed by atoms with E-state index in [4.69, 9.17) is 11.5 Å². The molecule has 2 unspecified atom stereocenters. The summed E-state index contributed by atoms with van der Waals surface area (Å²) in [4.78, 5) is 13.5. The maximum absolute atomic E-state index is 14.7. The molecule has 2 atom stereocenters. The molecule has 3 aromatic carbocycles. The Kier molecular flexibility index (Phi) is 5.93. The molecule has 1 aliphatic heterocycles. The summed E-state index contributed by atoms with van der Waals surface area (Å²) in [5, 5.41) is 20.0. The zero-order valence-electron chi connectivity index (χ0n) is 18.9. The first-order chi connectivity index (χ1) is 16.0. The lowest BCUT2D eigenvalue weighted by Gasteiger charge is -2.44. The Bertz CT molecular complexity index is 1170. The molecule has 5 rings (SSSR count). The van der Waals surface area contributed by atoms with Gasteiger partial charge in [-0.3, -0.25) is 4.79 Å². The normalized spacial score (nSPS) is 26.8. The number of amides is 1. The molecule has 0 saturated heterocycles. The first-order valence-corrected chi connectivity index (χ1v) is 11.9. The molecule has 2 aliphatic rings. The molecule has 5 N–H and O–H groups in total. The predicted octanol–water partition coefficient (Wildman–Crippen LogP) is 3.61. The van der Waals surface area contributed by atoms with Gasteiger partial charge in [-0.2, -0.15) is 0 Å². The lowest BCUT2D eigenvalue weighted by molar-refractivity contribution is -0.126. The van der Waals surface area contributed by atoms with Gasteiger partial charge in [0.25, 0.3) is 5.91 Å². The van der Waals surface area contributed by atoms with Gasteiger partial charge in [0.1, 0.15) is 12.2 Å². The van der Waals surface area contributed by atoms with Crippen molar-refractivity contribution in [1.82, 2.24) is 9.96 Å². The second-order valence-corrected chi connectivity index (χ2v) is 9.60. The van der Waals surface area contributed by atoms with Gasteiger partial charge in [0, 0.05) is 42.2 Å². The minimum Gasteiger partial charge on any atom is -0.627 e. The molecule has 0 aromatic heterocycles. The minimum atomic E-state index is -0.720. The lowest BCUT2D eigenvalue weighted by atomic mass is 9.91. The molecule has 1 heterocycles. The smallest absolute Gasteiger partial charge is 0.279 e. The van der Waals surface area contributed by atoms with Crippen molar-refractivity contribution < 1.29 is 4.79 Å². The van der Waals surface area contributed by atoms with E-state index in [1.165, 1.54) is 0 Å². The van der Waals surface area contributed by atoms with Gasteiger partial charge in [-0.15, -0.1) is 0 Å². The molecule has 6 nitrogen and oxygen atoms in total. The van der Waals surface area contributed by atoms with Crippen LogP contribution in [-0.2, 0) is 24.3 Å². The van der Waals surface area contributed by atoms with Crippen LogP contribution < -0.4 is 21.4 Å². The fraction of sp³-hybridized carbons (Fsp3) is 0.370. The highest BCUT2D eigenvalue weighted by atomic mass is 16.6. The fourth-order valence-electron chi connectivity index (χ4n) is 5.51. The molecule has 0 bridgehead atoms. The second kappa shape index (κ2) is 8.88. The quantitative estimate of drug-likeness (QED) is 0.413. The number of hydrogen-bond acceptors (Lipinski definition) is 4. The van der Waals surface area contributed by atoms with Gasteiger partial charge < -0.3 is 26.6 Å². The van der Waals surface area contributed by atoms with Crippen molar-refractivity contribution in [1.29, 1.82) is 0 Å². The lowest BCUT2D eigenvalue weighted by Crippen LogP contribution is -2.57. The number of hydroxylamine groups is 2. The highest BCUT2D eigenvalue weighted by Crippen LogP contribution is 2.41. The standard InChI is InChI=1S/C27H32N4O2/c28-16-18-8-9-20-15-26(27(32)30-23-12-10-22(29)11-13-23)31(33,25(20)14-18)17-21-6-3-5-19-4-1-2-7-24(19)21/h1-9,14,22-23,26H,10-13,15-17,28-29H2,(H,30,32). The van der Waals surface area contributed by atoms with Crippen molar-refractivity contribution in [3.8, 4) is 0 Å². The molecule has 0 spiro atoms. The van der Waals surface area contributed by atoms with Crippen LogP contribution in [0.3, 0.4) is 0 Å². The molecule has 3 aromatic rings. The van der Waals surface area contributed by atoms with Crippen LogP contribution in [0.2, 0.25) is 0 Å². The first kappa shape index (κ1) is 22.0. The Hall–Kier alpha value is -2.77. The van der Waals surface area contributed by atoms with Gasteiger partial charge >= 0.3 is 0 Å². The number of nitrogens with one attached hydrogen (secondary N) is 1. The van der Waals surface area contributed by atoms with Gasteiger partial charge in [-0.05, 0) is 42.0 Å². The molecule has 33 heavy (non-hydrogen) atoms. The largest absolute Gasteiger partial charge is 0.627 e. The summed E-state index contributed by atoms with van der Waals surface area (Å²) in [7, 11) is 0. The number of rotatable bonds is 5. The summed E-state index contributed by atoms with van der Waals surface area (Å²) in [5.74, 6) is -0.156. The van der Waals surface area contributed by atoms with Gasteiger partial charge in [0.2, 0.25) is 0 Å². The van der Waals surface area contributed by atoms with E-state index in [2.05, 4.69) is 17.4 Å². The number of carbonyl (C=O) groups excluding carboxylic acids is 1. The van der Waals surface area contributed by atoms with Gasteiger partial charge in [-0.25, -0.2) is 0 Å². The van der Waals surface area contributed by atoms with Gasteiger partial charge in [-0.1, -0.05) is 54.6 Å². The van der Waals surface area contributed by atoms with Crippen LogP contribution in [0.25, 0.3) is 10.8 Å². The minimum absolute atomic E-state index is 0.0895. The zero-order chi connectivity index (χ0) is 23.0. The Labute approximate surface area is 194 Å². The number of hydrogen-bond donors (Lipinski definition) is 3. The van der Waals surface area contributed by atoms with E-state index in [0.717, 1.165) is 53.1 Å². The Morgan fingerprint density at radius 2 is 1.79 bits per heavy atom. The van der Waals surface area contributed by atoms with E-state index in [1.807, 2.05) is 48.5 Å². The monoisotopic (exact) mass is 444 g/mol. The van der Waals surface area contributed by atoms with E-state index in [9.17, 15) is 10.0 Å². The number of benzene rings is 3. The molecule has 1 fully saturated rings. The summed E-state index contributed by atoms with van der Waals surface area (Å²) in [6.45, 7) is 0.566. The average molecular weight is 445 g/mol.